The maximum Gasteiger partial charge on any atom is 0.188 e. The Morgan fingerprint density at radius 3 is 1.70 bits per heavy atom. The third-order valence-electron chi connectivity index (χ3n) is 13.2. The molecule has 0 spiro atoms. The highest BCUT2D eigenvalue weighted by Gasteiger charge is 2.49. The molecule has 0 saturated heterocycles. The third-order valence-corrected chi connectivity index (χ3v) is 22.7. The molecule has 4 heterocycles. The molecule has 0 N–H and O–H groups in total. The van der Waals surface area contributed by atoms with Crippen molar-refractivity contribution in [3.8, 4) is 28.4 Å². The van der Waals surface area contributed by atoms with Crippen molar-refractivity contribution in [3.05, 3.63) is 249 Å². The molecule has 12 rings (SSSR count). The van der Waals surface area contributed by atoms with E-state index in [-0.39, 0.29) is 0 Å². The van der Waals surface area contributed by atoms with Crippen LogP contribution in [0.1, 0.15) is 0 Å². The molecule has 11 aromatic rings. The highest BCUT2D eigenvalue weighted by Crippen LogP contribution is 2.40. The van der Waals surface area contributed by atoms with Gasteiger partial charge in [-0.1, -0.05) is 194 Å². The largest absolute Gasteiger partial charge is 0.455 e. The number of rotatable bonds is 8. The van der Waals surface area contributed by atoms with Gasteiger partial charge in [0.25, 0.3) is 0 Å². The van der Waals surface area contributed by atoms with Crippen molar-refractivity contribution < 1.29 is 4.74 Å². The molecule has 0 radical (unpaired) electrons. The Morgan fingerprint density at radius 1 is 0.422 bits per heavy atom. The summed E-state index contributed by atoms with van der Waals surface area (Å²) >= 11 is 0. The van der Waals surface area contributed by atoms with Crippen LogP contribution in [-0.2, 0) is 0 Å². The van der Waals surface area contributed by atoms with Gasteiger partial charge in [-0.3, -0.25) is 9.55 Å². The molecule has 0 fully saturated rings. The lowest BCUT2D eigenvalue weighted by molar-refractivity contribution is 0.491. The third kappa shape index (κ3) is 5.73. The summed E-state index contributed by atoms with van der Waals surface area (Å²) in [7, 11) is -5.95. The fraction of sp³-hybridized carbons (Fsp3) is 0. The smallest absolute Gasteiger partial charge is 0.188 e. The van der Waals surface area contributed by atoms with Crippen molar-refractivity contribution >= 4 is 79.6 Å². The van der Waals surface area contributed by atoms with Crippen LogP contribution in [-0.4, -0.2) is 30.7 Å². The molecule has 0 saturated carbocycles. The summed E-state index contributed by atoms with van der Waals surface area (Å²) in [6.07, 6.45) is 3.78. The molecular weight excluding hydrogens is 811 g/mol. The van der Waals surface area contributed by atoms with Gasteiger partial charge in [0, 0.05) is 34.4 Å². The Labute approximate surface area is 374 Å². The van der Waals surface area contributed by atoms with Crippen molar-refractivity contribution in [1.82, 2.24) is 14.5 Å². The Balaban J connectivity index is 1.18. The number of hydrogen-bond donors (Lipinski definition) is 0. The summed E-state index contributed by atoms with van der Waals surface area (Å²) in [6.45, 7) is 0. The first-order valence-corrected chi connectivity index (χ1v) is 25.8. The first-order chi connectivity index (χ1) is 31.8. The van der Waals surface area contributed by atoms with Gasteiger partial charge in [0.1, 0.15) is 11.4 Å². The van der Waals surface area contributed by atoms with Crippen LogP contribution in [0, 0.1) is 0 Å². The molecule has 0 bridgehead atoms. The summed E-state index contributed by atoms with van der Waals surface area (Å²) in [5, 5.41) is 12.4. The van der Waals surface area contributed by atoms with Gasteiger partial charge in [0.2, 0.25) is 0 Å². The normalized spacial score (nSPS) is 12.9. The first kappa shape index (κ1) is 37.8. The fourth-order valence-electron chi connectivity index (χ4n) is 10.5. The van der Waals surface area contributed by atoms with Crippen LogP contribution in [0.4, 0.5) is 0 Å². The molecule has 4 nitrogen and oxygen atoms in total. The number of para-hydroxylation sites is 1. The van der Waals surface area contributed by atoms with E-state index in [9.17, 15) is 0 Å². The number of ether oxygens (including phenoxy) is 1. The van der Waals surface area contributed by atoms with Crippen molar-refractivity contribution in [2.24, 2.45) is 0 Å². The maximum atomic E-state index is 7.33. The number of fused-ring (bicyclic) bond motifs is 6. The average molecular weight is 852 g/mol. The van der Waals surface area contributed by atoms with E-state index in [1.165, 1.54) is 41.5 Å². The summed E-state index contributed by atoms with van der Waals surface area (Å²) < 4.78 is 9.70. The summed E-state index contributed by atoms with van der Waals surface area (Å²) in [5.74, 6) is 1.78. The van der Waals surface area contributed by atoms with Gasteiger partial charge in [-0.2, -0.15) is 0 Å². The zero-order valence-electron chi connectivity index (χ0n) is 34.9. The average Bonchev–Trinajstić information content (AvgIpc) is 3.72. The Morgan fingerprint density at radius 2 is 1.02 bits per heavy atom. The molecule has 64 heavy (non-hydrogen) atoms. The minimum atomic E-state index is -3.02. The monoisotopic (exact) mass is 851 g/mol. The van der Waals surface area contributed by atoms with E-state index in [2.05, 4.69) is 229 Å². The molecule has 8 aromatic carbocycles. The summed E-state index contributed by atoms with van der Waals surface area (Å²) in [6, 6.07) is 86.5. The number of pyridine rings is 2. The number of aromatic nitrogens is 3. The lowest BCUT2D eigenvalue weighted by Gasteiger charge is -2.39. The van der Waals surface area contributed by atoms with Gasteiger partial charge < -0.3 is 4.74 Å². The molecule has 0 atom stereocenters. The van der Waals surface area contributed by atoms with E-state index in [0.717, 1.165) is 50.4 Å². The summed E-state index contributed by atoms with van der Waals surface area (Å²) in [5.41, 5.74) is 4.99. The second-order valence-corrected chi connectivity index (χ2v) is 24.0. The number of hydrogen-bond acceptors (Lipinski definition) is 3. The molecule has 0 aliphatic carbocycles. The quantitative estimate of drug-likeness (QED) is 0.115. The van der Waals surface area contributed by atoms with E-state index in [4.69, 9.17) is 14.7 Å². The van der Waals surface area contributed by atoms with Crippen LogP contribution >= 0.6 is 0 Å². The minimum absolute atomic E-state index is 0.886. The standard InChI is InChI=1S/C58H41N3OSi2/c1-5-22-44(23-6-1)63(45-24-7-2-8-25-45,48-30-17-20-42(40-48)52-33-15-16-38-59-52)49-31-18-21-43(41-49)61-56-50(51-32-19-39-60-58(51)61)36-37-55-57(56)62-53-34-13-14-35-54(53)64(55,46-26-9-3-10-27-46)47-28-11-4-12-29-47/h1-41H. The van der Waals surface area contributed by atoms with Gasteiger partial charge >= 0.3 is 0 Å². The predicted molar refractivity (Wildman–Crippen MR) is 269 cm³/mol. The van der Waals surface area contributed by atoms with E-state index in [0.29, 0.717) is 0 Å². The van der Waals surface area contributed by atoms with Gasteiger partial charge in [0.05, 0.1) is 11.2 Å². The molecular formula is C58H41N3OSi2. The molecule has 0 amide bonds. The van der Waals surface area contributed by atoms with Gasteiger partial charge in [-0.25, -0.2) is 4.98 Å². The van der Waals surface area contributed by atoms with Crippen molar-refractivity contribution in [1.29, 1.82) is 0 Å². The van der Waals surface area contributed by atoms with E-state index in [1.807, 2.05) is 24.5 Å². The Kier molecular flexibility index (Phi) is 9.14. The van der Waals surface area contributed by atoms with Gasteiger partial charge in [0.15, 0.2) is 21.9 Å². The topological polar surface area (TPSA) is 39.9 Å². The Bertz CT molecular complexity index is 3390. The second-order valence-electron chi connectivity index (χ2n) is 16.5. The van der Waals surface area contributed by atoms with Crippen LogP contribution in [0.2, 0.25) is 0 Å². The number of benzene rings is 8. The van der Waals surface area contributed by atoms with E-state index >= 15 is 0 Å². The highest BCUT2D eigenvalue weighted by molar-refractivity contribution is 7.21. The fourth-order valence-corrected chi connectivity index (χ4v) is 20.3. The Hall–Kier alpha value is -7.91. The highest BCUT2D eigenvalue weighted by atomic mass is 28.3. The van der Waals surface area contributed by atoms with Crippen LogP contribution in [0.3, 0.4) is 0 Å². The molecule has 1 aliphatic heterocycles. The predicted octanol–water partition coefficient (Wildman–Crippen LogP) is 8.10. The second kappa shape index (κ2) is 15.5. The zero-order valence-corrected chi connectivity index (χ0v) is 36.9. The van der Waals surface area contributed by atoms with Crippen LogP contribution in [0.5, 0.6) is 11.5 Å². The zero-order chi connectivity index (χ0) is 42.5. The van der Waals surface area contributed by atoms with E-state index < -0.39 is 16.1 Å². The van der Waals surface area contributed by atoms with Crippen molar-refractivity contribution in [2.75, 3.05) is 0 Å². The lowest BCUT2D eigenvalue weighted by atomic mass is 10.1. The molecule has 1 aliphatic rings. The van der Waals surface area contributed by atoms with Gasteiger partial charge in [-0.05, 0) is 84.0 Å². The van der Waals surface area contributed by atoms with Crippen molar-refractivity contribution in [2.45, 2.75) is 0 Å². The maximum absolute atomic E-state index is 7.33. The molecule has 3 aromatic heterocycles. The van der Waals surface area contributed by atoms with E-state index in [1.54, 1.807) is 0 Å². The molecule has 302 valence electrons. The van der Waals surface area contributed by atoms with Crippen molar-refractivity contribution in [3.63, 3.8) is 0 Å². The first-order valence-electron chi connectivity index (χ1n) is 21.8. The summed E-state index contributed by atoms with van der Waals surface area (Å²) in [4.78, 5) is 9.97. The SMILES string of the molecule is c1ccc([Si](c2ccccc2)(c2cccc(-c3ccccn3)c2)c2cccc(-n3c4ncccc4c4ccc5c(c43)Oc3ccccc3[Si]5(c3ccccc3)c3ccccc3)c2)cc1. The molecule has 0 unspecified atom stereocenters. The van der Waals surface area contributed by atoms with Gasteiger partial charge in [-0.15, -0.1) is 0 Å². The lowest BCUT2D eigenvalue weighted by Crippen LogP contribution is -2.76. The number of nitrogens with zero attached hydrogens (tertiary/aromatic N) is 3. The van der Waals surface area contributed by atoms with Crippen LogP contribution in [0.25, 0.3) is 38.9 Å². The minimum Gasteiger partial charge on any atom is -0.455 e. The van der Waals surface area contributed by atoms with Crippen LogP contribution < -0.4 is 46.2 Å². The van der Waals surface area contributed by atoms with Crippen LogP contribution in [0.15, 0.2) is 249 Å². The molecule has 6 heteroatoms.